The van der Waals surface area contributed by atoms with E-state index < -0.39 is 0 Å². The third-order valence-corrected chi connectivity index (χ3v) is 3.11. The number of carbonyl (C=O) groups excluding carboxylic acids is 1. The number of rotatable bonds is 0. The lowest BCUT2D eigenvalue weighted by Gasteiger charge is -2.44. The first kappa shape index (κ1) is 10.6. The van der Waals surface area contributed by atoms with Crippen LogP contribution < -0.4 is 5.32 Å². The van der Waals surface area contributed by atoms with Crippen molar-refractivity contribution in [3.63, 3.8) is 0 Å². The summed E-state index contributed by atoms with van der Waals surface area (Å²) in [5.41, 5.74) is -0.101. The minimum atomic E-state index is -0.101. The second kappa shape index (κ2) is 3.59. The van der Waals surface area contributed by atoms with Gasteiger partial charge in [-0.2, -0.15) is 0 Å². The zero-order valence-electron chi connectivity index (χ0n) is 9.66. The fraction of sp³-hybridized carbons (Fsp3) is 0.818. The third-order valence-electron chi connectivity index (χ3n) is 3.11. The molecule has 0 aliphatic carbocycles. The van der Waals surface area contributed by atoms with Crippen molar-refractivity contribution in [2.75, 3.05) is 6.67 Å². The molecule has 2 rings (SSSR count). The molecule has 0 aromatic rings. The number of hydrogen-bond acceptors (Lipinski definition) is 3. The number of nitrogens with one attached hydrogen (secondary N) is 1. The van der Waals surface area contributed by atoms with Gasteiger partial charge < -0.3 is 4.90 Å². The van der Waals surface area contributed by atoms with Gasteiger partial charge in [0, 0.05) is 11.8 Å². The first-order chi connectivity index (χ1) is 7.00. The predicted molar refractivity (Wildman–Crippen MR) is 59.6 cm³/mol. The highest BCUT2D eigenvalue weighted by Crippen LogP contribution is 2.26. The normalized spacial score (nSPS) is 31.7. The topological polar surface area (TPSA) is 44.7 Å². The van der Waals surface area contributed by atoms with Crippen LogP contribution in [0.1, 0.15) is 33.6 Å². The second-order valence-electron chi connectivity index (χ2n) is 5.26. The maximum atomic E-state index is 12.2. The standard InChI is InChI=1S/C11H19N3O/c1-11(2,3)14-7-13-9-8(10(14)15)5-4-6-12-9/h6,8-9,13H,4-5,7H2,1-3H3. The lowest BCUT2D eigenvalue weighted by molar-refractivity contribution is -0.146. The molecule has 1 saturated heterocycles. The minimum absolute atomic E-state index is 0.0184. The van der Waals surface area contributed by atoms with E-state index in [1.807, 2.05) is 11.1 Å². The Kier molecular flexibility index (Phi) is 2.54. The molecule has 2 aliphatic heterocycles. The molecule has 4 heteroatoms. The Morgan fingerprint density at radius 2 is 2.27 bits per heavy atom. The molecule has 1 N–H and O–H groups in total. The molecule has 2 atom stereocenters. The fourth-order valence-corrected chi connectivity index (χ4v) is 2.19. The lowest BCUT2D eigenvalue weighted by Crippen LogP contribution is -2.62. The number of carbonyl (C=O) groups is 1. The maximum absolute atomic E-state index is 12.2. The number of fused-ring (bicyclic) bond motifs is 1. The number of amides is 1. The molecular weight excluding hydrogens is 190 g/mol. The van der Waals surface area contributed by atoms with Gasteiger partial charge in [0.05, 0.1) is 12.6 Å². The highest BCUT2D eigenvalue weighted by molar-refractivity contribution is 5.82. The Hall–Kier alpha value is -0.900. The fourth-order valence-electron chi connectivity index (χ4n) is 2.19. The first-order valence-corrected chi connectivity index (χ1v) is 5.56. The smallest absolute Gasteiger partial charge is 0.230 e. The van der Waals surface area contributed by atoms with Crippen molar-refractivity contribution in [3.05, 3.63) is 0 Å². The summed E-state index contributed by atoms with van der Waals surface area (Å²) in [4.78, 5) is 18.5. The van der Waals surface area contributed by atoms with Crippen LogP contribution in [0.5, 0.6) is 0 Å². The van der Waals surface area contributed by atoms with Crippen LogP contribution in [-0.4, -0.2) is 35.4 Å². The SMILES string of the molecule is CC(C)(C)N1CNC2N=CCCC2C1=O. The third kappa shape index (κ3) is 1.91. The van der Waals surface area contributed by atoms with Crippen LogP contribution in [0, 0.1) is 5.92 Å². The molecule has 0 aromatic carbocycles. The van der Waals surface area contributed by atoms with Gasteiger partial charge in [-0.25, -0.2) is 0 Å². The largest absolute Gasteiger partial charge is 0.325 e. The Morgan fingerprint density at radius 3 is 2.93 bits per heavy atom. The molecule has 15 heavy (non-hydrogen) atoms. The van der Waals surface area contributed by atoms with Gasteiger partial charge in [0.25, 0.3) is 0 Å². The van der Waals surface area contributed by atoms with Crippen LogP contribution in [0.15, 0.2) is 4.99 Å². The minimum Gasteiger partial charge on any atom is -0.325 e. The summed E-state index contributed by atoms with van der Waals surface area (Å²) in [7, 11) is 0. The van der Waals surface area contributed by atoms with Crippen LogP contribution in [0.2, 0.25) is 0 Å². The van der Waals surface area contributed by atoms with Crippen LogP contribution in [0.4, 0.5) is 0 Å². The van der Waals surface area contributed by atoms with Crippen molar-refractivity contribution >= 4 is 12.1 Å². The summed E-state index contributed by atoms with van der Waals surface area (Å²) in [6, 6.07) is 0. The summed E-state index contributed by atoms with van der Waals surface area (Å²) >= 11 is 0. The van der Waals surface area contributed by atoms with Crippen molar-refractivity contribution in [2.45, 2.75) is 45.3 Å². The molecule has 2 heterocycles. The van der Waals surface area contributed by atoms with Gasteiger partial charge in [0.15, 0.2) is 0 Å². The zero-order chi connectivity index (χ0) is 11.1. The quantitative estimate of drug-likeness (QED) is 0.646. The average Bonchev–Trinajstić information content (AvgIpc) is 2.16. The molecule has 2 aliphatic rings. The Labute approximate surface area is 90.7 Å². The van der Waals surface area contributed by atoms with E-state index in [2.05, 4.69) is 31.1 Å². The first-order valence-electron chi connectivity index (χ1n) is 5.56. The molecule has 1 amide bonds. The Balaban J connectivity index is 2.16. The van der Waals surface area contributed by atoms with Crippen molar-refractivity contribution < 1.29 is 4.79 Å². The van der Waals surface area contributed by atoms with Gasteiger partial charge in [-0.3, -0.25) is 15.1 Å². The molecule has 0 spiro atoms. The Morgan fingerprint density at radius 1 is 1.53 bits per heavy atom. The number of hydrogen-bond donors (Lipinski definition) is 1. The van der Waals surface area contributed by atoms with Crippen LogP contribution in [0.25, 0.3) is 0 Å². The van der Waals surface area contributed by atoms with Crippen molar-refractivity contribution in [1.82, 2.24) is 10.2 Å². The second-order valence-corrected chi connectivity index (χ2v) is 5.26. The van der Waals surface area contributed by atoms with Gasteiger partial charge in [0.2, 0.25) is 5.91 Å². The van der Waals surface area contributed by atoms with Crippen LogP contribution in [0.3, 0.4) is 0 Å². The van der Waals surface area contributed by atoms with Gasteiger partial charge in [-0.15, -0.1) is 0 Å². The average molecular weight is 209 g/mol. The summed E-state index contributed by atoms with van der Waals surface area (Å²) < 4.78 is 0. The Bertz CT molecular complexity index is 293. The summed E-state index contributed by atoms with van der Waals surface area (Å²) in [5.74, 6) is 0.297. The zero-order valence-corrected chi connectivity index (χ0v) is 9.66. The highest BCUT2D eigenvalue weighted by Gasteiger charge is 2.40. The highest BCUT2D eigenvalue weighted by atomic mass is 16.2. The van der Waals surface area contributed by atoms with E-state index in [0.29, 0.717) is 6.67 Å². The van der Waals surface area contributed by atoms with E-state index in [9.17, 15) is 4.79 Å². The van der Waals surface area contributed by atoms with E-state index in [-0.39, 0.29) is 23.5 Å². The molecule has 1 fully saturated rings. The predicted octanol–water partition coefficient (Wildman–Crippen LogP) is 0.981. The molecule has 0 radical (unpaired) electrons. The van der Waals surface area contributed by atoms with E-state index in [0.717, 1.165) is 12.8 Å². The van der Waals surface area contributed by atoms with Gasteiger partial charge >= 0.3 is 0 Å². The monoisotopic (exact) mass is 209 g/mol. The van der Waals surface area contributed by atoms with Crippen LogP contribution >= 0.6 is 0 Å². The molecule has 0 aromatic heterocycles. The summed E-state index contributed by atoms with van der Waals surface area (Å²) in [6.45, 7) is 6.82. The number of aliphatic imine (C=N–C) groups is 1. The molecule has 84 valence electrons. The van der Waals surface area contributed by atoms with E-state index in [1.165, 1.54) is 0 Å². The van der Waals surface area contributed by atoms with E-state index in [4.69, 9.17) is 0 Å². The van der Waals surface area contributed by atoms with Gasteiger partial charge in [-0.1, -0.05) is 0 Å². The molecule has 2 unspecified atom stereocenters. The number of nitrogens with zero attached hydrogens (tertiary/aromatic N) is 2. The van der Waals surface area contributed by atoms with E-state index in [1.54, 1.807) is 0 Å². The van der Waals surface area contributed by atoms with Gasteiger partial charge in [-0.05, 0) is 33.6 Å². The molecule has 4 nitrogen and oxygen atoms in total. The van der Waals surface area contributed by atoms with Crippen LogP contribution in [-0.2, 0) is 4.79 Å². The lowest BCUT2D eigenvalue weighted by atomic mass is 9.92. The summed E-state index contributed by atoms with van der Waals surface area (Å²) in [5, 5.41) is 3.32. The summed E-state index contributed by atoms with van der Waals surface area (Å²) in [6.07, 6.45) is 3.79. The van der Waals surface area contributed by atoms with Crippen molar-refractivity contribution in [2.24, 2.45) is 10.9 Å². The molecule has 0 bridgehead atoms. The van der Waals surface area contributed by atoms with E-state index >= 15 is 0 Å². The van der Waals surface area contributed by atoms with Crippen molar-refractivity contribution in [3.8, 4) is 0 Å². The van der Waals surface area contributed by atoms with Crippen molar-refractivity contribution in [1.29, 1.82) is 0 Å². The molecule has 0 saturated carbocycles. The maximum Gasteiger partial charge on any atom is 0.230 e. The molecular formula is C11H19N3O. The van der Waals surface area contributed by atoms with Gasteiger partial charge in [0.1, 0.15) is 6.17 Å².